The van der Waals surface area contributed by atoms with Gasteiger partial charge in [0, 0.05) is 13.7 Å². The van der Waals surface area contributed by atoms with E-state index in [1.807, 2.05) is 13.0 Å². The van der Waals surface area contributed by atoms with Crippen LogP contribution in [0.5, 0.6) is 0 Å². The molecule has 0 fully saturated rings. The number of carboxylic acids is 1. The van der Waals surface area contributed by atoms with Crippen LogP contribution >= 0.6 is 0 Å². The Balaban J connectivity index is 2.47. The van der Waals surface area contributed by atoms with Crippen molar-refractivity contribution in [3.63, 3.8) is 0 Å². The predicted octanol–water partition coefficient (Wildman–Crippen LogP) is 1.47. The molecule has 0 heterocycles. The Morgan fingerprint density at radius 2 is 2.16 bits per heavy atom. The minimum absolute atomic E-state index is 0.139. The molecule has 0 aromatic heterocycles. The number of ether oxygens (including phenoxy) is 1. The molecule has 0 radical (unpaired) electrons. The van der Waals surface area contributed by atoms with Gasteiger partial charge in [-0.2, -0.15) is 0 Å². The number of hydrogen-bond acceptors (Lipinski definition) is 3. The topological polar surface area (TPSA) is 75.6 Å². The second kappa shape index (κ2) is 7.53. The third-order valence-electron chi connectivity index (χ3n) is 2.83. The van der Waals surface area contributed by atoms with E-state index < -0.39 is 12.1 Å². The monoisotopic (exact) mass is 265 g/mol. The molecule has 0 aliphatic carbocycles. The lowest BCUT2D eigenvalue weighted by molar-refractivity contribution is -0.131. The van der Waals surface area contributed by atoms with Crippen LogP contribution in [0.2, 0.25) is 0 Å². The van der Waals surface area contributed by atoms with Crippen molar-refractivity contribution in [3.8, 4) is 0 Å². The fraction of sp³-hybridized carbons (Fsp3) is 0.429. The van der Waals surface area contributed by atoms with Gasteiger partial charge in [-0.25, -0.2) is 4.79 Å². The molecule has 2 N–H and O–H groups in total. The van der Waals surface area contributed by atoms with E-state index in [1.54, 1.807) is 18.2 Å². The van der Waals surface area contributed by atoms with Gasteiger partial charge in [0.15, 0.2) is 0 Å². The third-order valence-corrected chi connectivity index (χ3v) is 2.83. The number of carbonyl (C=O) groups is 2. The number of hydrogen-bond donors (Lipinski definition) is 2. The molecule has 1 aromatic carbocycles. The fourth-order valence-electron chi connectivity index (χ4n) is 1.76. The number of aromatic carboxylic acids is 1. The van der Waals surface area contributed by atoms with Gasteiger partial charge in [0.05, 0.1) is 5.56 Å². The summed E-state index contributed by atoms with van der Waals surface area (Å²) in [5.41, 5.74) is 1.14. The normalized spacial score (nSPS) is 11.9. The van der Waals surface area contributed by atoms with Crippen LogP contribution in [-0.4, -0.2) is 36.7 Å². The van der Waals surface area contributed by atoms with Crippen molar-refractivity contribution in [2.75, 3.05) is 13.7 Å². The maximum atomic E-state index is 11.6. The van der Waals surface area contributed by atoms with Gasteiger partial charge in [-0.05, 0) is 30.5 Å². The van der Waals surface area contributed by atoms with E-state index in [0.717, 1.165) is 5.56 Å². The second-order valence-electron chi connectivity index (χ2n) is 4.18. The molecule has 5 heteroatoms. The molecule has 1 rings (SSSR count). The first-order valence-electron chi connectivity index (χ1n) is 6.21. The van der Waals surface area contributed by atoms with E-state index >= 15 is 0 Å². The van der Waals surface area contributed by atoms with Crippen molar-refractivity contribution >= 4 is 11.9 Å². The van der Waals surface area contributed by atoms with Gasteiger partial charge in [0.25, 0.3) is 0 Å². The molecule has 0 bridgehead atoms. The number of rotatable bonds is 7. The van der Waals surface area contributed by atoms with Crippen molar-refractivity contribution < 1.29 is 19.4 Å². The average Bonchev–Trinajstić information content (AvgIpc) is 2.40. The van der Waals surface area contributed by atoms with E-state index in [2.05, 4.69) is 5.32 Å². The molecule has 0 aliphatic rings. The maximum Gasteiger partial charge on any atom is 0.335 e. The van der Waals surface area contributed by atoms with Crippen LogP contribution in [0.1, 0.15) is 29.3 Å². The Hall–Kier alpha value is -1.88. The number of benzene rings is 1. The Morgan fingerprint density at radius 1 is 1.42 bits per heavy atom. The molecule has 0 aliphatic heterocycles. The van der Waals surface area contributed by atoms with Gasteiger partial charge < -0.3 is 15.2 Å². The minimum Gasteiger partial charge on any atom is -0.478 e. The van der Waals surface area contributed by atoms with E-state index in [4.69, 9.17) is 9.84 Å². The summed E-state index contributed by atoms with van der Waals surface area (Å²) in [7, 11) is 1.50. The smallest absolute Gasteiger partial charge is 0.335 e. The summed E-state index contributed by atoms with van der Waals surface area (Å²) in [6, 6.07) is 6.70. The molecule has 0 saturated carbocycles. The van der Waals surface area contributed by atoms with E-state index in [0.29, 0.717) is 19.4 Å². The highest BCUT2D eigenvalue weighted by molar-refractivity contribution is 5.87. The summed E-state index contributed by atoms with van der Waals surface area (Å²) in [6.07, 6.45) is 0.787. The number of carbonyl (C=O) groups excluding carboxylic acids is 1. The van der Waals surface area contributed by atoms with Gasteiger partial charge in [-0.1, -0.05) is 19.1 Å². The van der Waals surface area contributed by atoms with Crippen LogP contribution in [-0.2, 0) is 16.0 Å². The summed E-state index contributed by atoms with van der Waals surface area (Å²) >= 11 is 0. The summed E-state index contributed by atoms with van der Waals surface area (Å²) < 4.78 is 5.02. The van der Waals surface area contributed by atoms with E-state index in [-0.39, 0.29) is 11.5 Å². The van der Waals surface area contributed by atoms with Gasteiger partial charge in [-0.15, -0.1) is 0 Å². The number of carboxylic acid groups (broad SMARTS) is 1. The zero-order valence-corrected chi connectivity index (χ0v) is 11.2. The quantitative estimate of drug-likeness (QED) is 0.782. The van der Waals surface area contributed by atoms with Crippen LogP contribution in [0.3, 0.4) is 0 Å². The molecule has 0 saturated heterocycles. The first kappa shape index (κ1) is 15.2. The summed E-state index contributed by atoms with van der Waals surface area (Å²) in [5.74, 6) is -1.09. The lowest BCUT2D eigenvalue weighted by Gasteiger charge is -2.13. The highest BCUT2D eigenvalue weighted by atomic mass is 16.5. The van der Waals surface area contributed by atoms with E-state index in [1.165, 1.54) is 7.11 Å². The van der Waals surface area contributed by atoms with Gasteiger partial charge >= 0.3 is 5.97 Å². The Morgan fingerprint density at radius 3 is 2.74 bits per heavy atom. The molecular weight excluding hydrogens is 246 g/mol. The average molecular weight is 265 g/mol. The highest BCUT2D eigenvalue weighted by Crippen LogP contribution is 2.06. The van der Waals surface area contributed by atoms with Crippen molar-refractivity contribution in [3.05, 3.63) is 35.4 Å². The van der Waals surface area contributed by atoms with Gasteiger partial charge in [-0.3, -0.25) is 4.79 Å². The lowest BCUT2D eigenvalue weighted by atomic mass is 10.1. The van der Waals surface area contributed by atoms with Crippen molar-refractivity contribution in [2.24, 2.45) is 0 Å². The minimum atomic E-state index is -0.948. The number of methoxy groups -OCH3 is 1. The van der Waals surface area contributed by atoms with Crippen molar-refractivity contribution in [2.45, 2.75) is 25.9 Å². The molecule has 1 atom stereocenters. The van der Waals surface area contributed by atoms with Gasteiger partial charge in [0.1, 0.15) is 6.10 Å². The van der Waals surface area contributed by atoms with Crippen molar-refractivity contribution in [1.82, 2.24) is 5.32 Å². The van der Waals surface area contributed by atoms with Crippen LogP contribution < -0.4 is 5.32 Å². The maximum absolute atomic E-state index is 11.6. The Bertz CT molecular complexity index is 441. The van der Waals surface area contributed by atoms with Gasteiger partial charge in [0.2, 0.25) is 5.91 Å². The molecule has 104 valence electrons. The molecule has 19 heavy (non-hydrogen) atoms. The first-order chi connectivity index (χ1) is 9.08. The zero-order valence-electron chi connectivity index (χ0n) is 11.2. The van der Waals surface area contributed by atoms with Crippen LogP contribution in [0.4, 0.5) is 0 Å². The van der Waals surface area contributed by atoms with Crippen LogP contribution in [0.15, 0.2) is 24.3 Å². The third kappa shape index (κ3) is 4.71. The fourth-order valence-corrected chi connectivity index (χ4v) is 1.76. The SMILES string of the molecule is CCC(OC)C(=O)NCCc1cccc(C(=O)O)c1. The molecule has 1 amide bonds. The molecule has 1 aromatic rings. The summed E-state index contributed by atoms with van der Waals surface area (Å²) in [4.78, 5) is 22.5. The number of nitrogens with one attached hydrogen (secondary N) is 1. The van der Waals surface area contributed by atoms with Crippen LogP contribution in [0, 0.1) is 0 Å². The largest absolute Gasteiger partial charge is 0.478 e. The molecule has 0 spiro atoms. The van der Waals surface area contributed by atoms with Crippen LogP contribution in [0.25, 0.3) is 0 Å². The highest BCUT2D eigenvalue weighted by Gasteiger charge is 2.14. The molecular formula is C14H19NO4. The molecule has 5 nitrogen and oxygen atoms in total. The van der Waals surface area contributed by atoms with Crippen molar-refractivity contribution in [1.29, 1.82) is 0 Å². The lowest BCUT2D eigenvalue weighted by Crippen LogP contribution is -2.36. The first-order valence-corrected chi connectivity index (χ1v) is 6.21. The molecule has 1 unspecified atom stereocenters. The Labute approximate surface area is 112 Å². The second-order valence-corrected chi connectivity index (χ2v) is 4.18. The Kier molecular flexibility index (Phi) is 6.02. The standard InChI is InChI=1S/C14H19NO4/c1-3-12(19-2)13(16)15-8-7-10-5-4-6-11(9-10)14(17)18/h4-6,9,12H,3,7-8H2,1-2H3,(H,15,16)(H,17,18). The summed E-state index contributed by atoms with van der Waals surface area (Å²) in [5, 5.41) is 11.6. The van der Waals surface area contributed by atoms with E-state index in [9.17, 15) is 9.59 Å². The predicted molar refractivity (Wildman–Crippen MR) is 71.2 cm³/mol. The number of amides is 1. The summed E-state index contributed by atoms with van der Waals surface area (Å²) in [6.45, 7) is 2.34. The zero-order chi connectivity index (χ0) is 14.3.